The Labute approximate surface area is 94.9 Å². The third-order valence-corrected chi connectivity index (χ3v) is 2.85. The standard InChI is InChI=1S/C12H16ClFO/c1-8(2)12(15)6-4-9-3-5-10(14)7-11(9)13/h3,5,7-8,12,15H,4,6H2,1-2H3. The monoisotopic (exact) mass is 230 g/mol. The van der Waals surface area contributed by atoms with Crippen molar-refractivity contribution in [3.63, 3.8) is 0 Å². The maximum absolute atomic E-state index is 12.7. The summed E-state index contributed by atoms with van der Waals surface area (Å²) in [5, 5.41) is 10.1. The summed E-state index contributed by atoms with van der Waals surface area (Å²) in [5.74, 6) is -0.0858. The lowest BCUT2D eigenvalue weighted by Crippen LogP contribution is -2.15. The Morgan fingerprint density at radius 1 is 1.40 bits per heavy atom. The molecule has 0 aromatic heterocycles. The lowest BCUT2D eigenvalue weighted by molar-refractivity contribution is 0.116. The molecule has 0 radical (unpaired) electrons. The number of hydrogen-bond donors (Lipinski definition) is 1. The third kappa shape index (κ3) is 3.80. The molecular formula is C12H16ClFO. The summed E-state index contributed by atoms with van der Waals surface area (Å²) in [6.07, 6.45) is 1.01. The number of aryl methyl sites for hydroxylation is 1. The molecule has 0 aliphatic heterocycles. The van der Waals surface area contributed by atoms with Crippen molar-refractivity contribution >= 4 is 11.6 Å². The lowest BCUT2D eigenvalue weighted by Gasteiger charge is -2.14. The topological polar surface area (TPSA) is 20.2 Å². The summed E-state index contributed by atoms with van der Waals surface area (Å²) in [6.45, 7) is 3.94. The van der Waals surface area contributed by atoms with Gasteiger partial charge in [-0.15, -0.1) is 0 Å². The molecule has 0 aliphatic carbocycles. The van der Waals surface area contributed by atoms with Gasteiger partial charge in [0.1, 0.15) is 5.82 Å². The molecule has 1 atom stereocenters. The zero-order chi connectivity index (χ0) is 11.4. The largest absolute Gasteiger partial charge is 0.393 e. The Hall–Kier alpha value is -0.600. The molecule has 1 rings (SSSR count). The number of hydrogen-bond acceptors (Lipinski definition) is 1. The van der Waals surface area contributed by atoms with E-state index < -0.39 is 0 Å². The normalized spacial score (nSPS) is 13.2. The molecule has 84 valence electrons. The van der Waals surface area contributed by atoms with Crippen LogP contribution < -0.4 is 0 Å². The van der Waals surface area contributed by atoms with E-state index in [1.165, 1.54) is 12.1 Å². The summed E-state index contributed by atoms with van der Waals surface area (Å²) >= 11 is 5.87. The highest BCUT2D eigenvalue weighted by molar-refractivity contribution is 6.31. The second kappa shape index (κ2) is 5.47. The molecule has 0 amide bonds. The van der Waals surface area contributed by atoms with Crippen LogP contribution >= 0.6 is 11.6 Å². The Bertz CT molecular complexity index is 325. The molecule has 1 aromatic rings. The number of benzene rings is 1. The molecule has 15 heavy (non-hydrogen) atoms. The Morgan fingerprint density at radius 3 is 2.60 bits per heavy atom. The number of halogens is 2. The summed E-state index contributed by atoms with van der Waals surface area (Å²) in [7, 11) is 0. The fraction of sp³-hybridized carbons (Fsp3) is 0.500. The van der Waals surface area contributed by atoms with Crippen molar-refractivity contribution < 1.29 is 9.50 Å². The first-order valence-corrected chi connectivity index (χ1v) is 5.50. The van der Waals surface area contributed by atoms with Gasteiger partial charge in [-0.25, -0.2) is 4.39 Å². The SMILES string of the molecule is CC(C)C(O)CCc1ccc(F)cc1Cl. The van der Waals surface area contributed by atoms with E-state index in [-0.39, 0.29) is 17.8 Å². The molecule has 1 unspecified atom stereocenters. The zero-order valence-electron chi connectivity index (χ0n) is 9.00. The van der Waals surface area contributed by atoms with E-state index in [2.05, 4.69) is 0 Å². The van der Waals surface area contributed by atoms with Crippen LogP contribution in [0.1, 0.15) is 25.8 Å². The first-order chi connectivity index (χ1) is 7.00. The van der Waals surface area contributed by atoms with E-state index in [0.29, 0.717) is 17.9 Å². The van der Waals surface area contributed by atoms with Gasteiger partial charge in [-0.3, -0.25) is 0 Å². The van der Waals surface area contributed by atoms with Gasteiger partial charge in [0.2, 0.25) is 0 Å². The minimum Gasteiger partial charge on any atom is -0.393 e. The average Bonchev–Trinajstić information content (AvgIpc) is 2.15. The second-order valence-electron chi connectivity index (χ2n) is 4.09. The van der Waals surface area contributed by atoms with E-state index in [1.54, 1.807) is 6.07 Å². The van der Waals surface area contributed by atoms with Gasteiger partial charge >= 0.3 is 0 Å². The Morgan fingerprint density at radius 2 is 2.07 bits per heavy atom. The number of rotatable bonds is 4. The summed E-state index contributed by atoms with van der Waals surface area (Å²) in [6, 6.07) is 4.37. The predicted octanol–water partition coefficient (Wildman–Crippen LogP) is 3.43. The maximum atomic E-state index is 12.7. The molecule has 0 spiro atoms. The van der Waals surface area contributed by atoms with E-state index >= 15 is 0 Å². The molecule has 0 fully saturated rings. The van der Waals surface area contributed by atoms with Crippen molar-refractivity contribution in [1.29, 1.82) is 0 Å². The molecule has 0 saturated heterocycles. The van der Waals surface area contributed by atoms with Crippen LogP contribution in [-0.2, 0) is 6.42 Å². The van der Waals surface area contributed by atoms with Gasteiger partial charge in [0.25, 0.3) is 0 Å². The minimum absolute atomic E-state index is 0.240. The predicted molar refractivity (Wildman–Crippen MR) is 60.6 cm³/mol. The van der Waals surface area contributed by atoms with E-state index in [1.807, 2.05) is 13.8 Å². The van der Waals surface area contributed by atoms with Crippen molar-refractivity contribution in [2.75, 3.05) is 0 Å². The van der Waals surface area contributed by atoms with Crippen molar-refractivity contribution in [2.45, 2.75) is 32.8 Å². The molecule has 3 heteroatoms. The van der Waals surface area contributed by atoms with Gasteiger partial charge in [-0.05, 0) is 36.5 Å². The van der Waals surface area contributed by atoms with Crippen LogP contribution in [0.4, 0.5) is 4.39 Å². The van der Waals surface area contributed by atoms with Crippen LogP contribution in [0.3, 0.4) is 0 Å². The first kappa shape index (κ1) is 12.5. The van der Waals surface area contributed by atoms with Crippen molar-refractivity contribution in [2.24, 2.45) is 5.92 Å². The van der Waals surface area contributed by atoms with Gasteiger partial charge in [0.15, 0.2) is 0 Å². The maximum Gasteiger partial charge on any atom is 0.124 e. The first-order valence-electron chi connectivity index (χ1n) is 5.12. The molecule has 0 saturated carbocycles. The van der Waals surface area contributed by atoms with E-state index in [9.17, 15) is 9.50 Å². The molecular weight excluding hydrogens is 215 g/mol. The summed E-state index contributed by atoms with van der Waals surface area (Å²) < 4.78 is 12.7. The molecule has 1 aromatic carbocycles. The average molecular weight is 231 g/mol. The van der Waals surface area contributed by atoms with Gasteiger partial charge in [0.05, 0.1) is 6.10 Å². The molecule has 0 aliphatic rings. The third-order valence-electron chi connectivity index (χ3n) is 2.49. The molecule has 0 heterocycles. The van der Waals surface area contributed by atoms with Crippen molar-refractivity contribution in [3.8, 4) is 0 Å². The molecule has 0 bridgehead atoms. The van der Waals surface area contributed by atoms with Crippen LogP contribution in [0.25, 0.3) is 0 Å². The fourth-order valence-electron chi connectivity index (χ4n) is 1.36. The number of aliphatic hydroxyl groups excluding tert-OH is 1. The van der Waals surface area contributed by atoms with E-state index in [4.69, 9.17) is 11.6 Å². The van der Waals surface area contributed by atoms with Gasteiger partial charge in [0, 0.05) is 5.02 Å². The quantitative estimate of drug-likeness (QED) is 0.840. The lowest BCUT2D eigenvalue weighted by atomic mass is 9.99. The highest BCUT2D eigenvalue weighted by Crippen LogP contribution is 2.20. The Balaban J connectivity index is 2.58. The molecule has 1 N–H and O–H groups in total. The highest BCUT2D eigenvalue weighted by Gasteiger charge is 2.10. The van der Waals surface area contributed by atoms with Crippen LogP contribution in [0.15, 0.2) is 18.2 Å². The second-order valence-corrected chi connectivity index (χ2v) is 4.49. The van der Waals surface area contributed by atoms with Crippen molar-refractivity contribution in [3.05, 3.63) is 34.6 Å². The van der Waals surface area contributed by atoms with Gasteiger partial charge < -0.3 is 5.11 Å². The number of aliphatic hydroxyl groups is 1. The summed E-state index contributed by atoms with van der Waals surface area (Å²) in [4.78, 5) is 0. The summed E-state index contributed by atoms with van der Waals surface area (Å²) in [5.41, 5.74) is 0.887. The van der Waals surface area contributed by atoms with Crippen LogP contribution in [-0.4, -0.2) is 11.2 Å². The fourth-order valence-corrected chi connectivity index (χ4v) is 1.62. The molecule has 1 nitrogen and oxygen atoms in total. The van der Waals surface area contributed by atoms with E-state index in [0.717, 1.165) is 5.56 Å². The highest BCUT2D eigenvalue weighted by atomic mass is 35.5. The smallest absolute Gasteiger partial charge is 0.124 e. The van der Waals surface area contributed by atoms with Gasteiger partial charge in [-0.2, -0.15) is 0 Å². The Kier molecular flexibility index (Phi) is 4.55. The minimum atomic E-state index is -0.328. The van der Waals surface area contributed by atoms with Gasteiger partial charge in [-0.1, -0.05) is 31.5 Å². The van der Waals surface area contributed by atoms with Crippen molar-refractivity contribution in [1.82, 2.24) is 0 Å². The zero-order valence-corrected chi connectivity index (χ0v) is 9.76. The van der Waals surface area contributed by atoms with Crippen LogP contribution in [0, 0.1) is 11.7 Å². The van der Waals surface area contributed by atoms with Crippen LogP contribution in [0.5, 0.6) is 0 Å². The van der Waals surface area contributed by atoms with Crippen LogP contribution in [0.2, 0.25) is 5.02 Å².